The maximum atomic E-state index is 12.7. The number of aromatic nitrogens is 2. The molecule has 1 N–H and O–H groups in total. The van der Waals surface area contributed by atoms with Crippen LogP contribution in [0, 0.1) is 0 Å². The minimum atomic E-state index is -0.236. The Balaban J connectivity index is 1.59. The molecule has 0 atom stereocenters. The van der Waals surface area contributed by atoms with Crippen molar-refractivity contribution in [2.24, 2.45) is 0 Å². The molecule has 0 bridgehead atoms. The molecular weight excluding hydrogens is 352 g/mol. The Morgan fingerprint density at radius 3 is 2.50 bits per heavy atom. The maximum Gasteiger partial charge on any atom is 0.253 e. The van der Waals surface area contributed by atoms with Crippen molar-refractivity contribution in [2.75, 3.05) is 13.6 Å². The van der Waals surface area contributed by atoms with E-state index in [4.69, 9.17) is 0 Å². The van der Waals surface area contributed by atoms with Crippen LogP contribution in [0.3, 0.4) is 0 Å². The fourth-order valence-corrected chi connectivity index (χ4v) is 2.74. The Kier molecular flexibility index (Phi) is 6.46. The van der Waals surface area contributed by atoms with Gasteiger partial charge < -0.3 is 10.2 Å². The molecule has 6 nitrogen and oxygen atoms in total. The van der Waals surface area contributed by atoms with E-state index in [1.807, 2.05) is 30.3 Å². The first kappa shape index (κ1) is 19.2. The van der Waals surface area contributed by atoms with E-state index >= 15 is 0 Å². The van der Waals surface area contributed by atoms with Crippen LogP contribution in [-0.2, 0) is 13.0 Å². The molecule has 0 aliphatic heterocycles. The van der Waals surface area contributed by atoms with Crippen molar-refractivity contribution >= 4 is 11.8 Å². The van der Waals surface area contributed by atoms with Crippen LogP contribution >= 0.6 is 0 Å². The molecule has 142 valence electrons. The van der Waals surface area contributed by atoms with Gasteiger partial charge in [-0.3, -0.25) is 19.6 Å². The maximum absolute atomic E-state index is 12.7. The summed E-state index contributed by atoms with van der Waals surface area (Å²) in [6.45, 7) is 0.919. The Morgan fingerprint density at radius 1 is 0.964 bits per heavy atom. The van der Waals surface area contributed by atoms with Crippen LogP contribution in [0.5, 0.6) is 0 Å². The van der Waals surface area contributed by atoms with E-state index in [2.05, 4.69) is 15.3 Å². The van der Waals surface area contributed by atoms with E-state index in [0.717, 1.165) is 17.7 Å². The lowest BCUT2D eigenvalue weighted by Gasteiger charge is -2.17. The topological polar surface area (TPSA) is 75.2 Å². The number of nitrogens with one attached hydrogen (secondary N) is 1. The smallest absolute Gasteiger partial charge is 0.253 e. The van der Waals surface area contributed by atoms with Crippen molar-refractivity contribution in [2.45, 2.75) is 13.0 Å². The lowest BCUT2D eigenvalue weighted by atomic mass is 10.1. The standard InChI is InChI=1S/C22H22N4O2/c1-26(14-10-17-8-12-23-13-9-17)22(28)19-6-4-5-18(15-19)21(27)25-16-20-7-2-3-11-24-20/h2-9,11-13,15H,10,14,16H2,1H3,(H,25,27). The van der Waals surface area contributed by atoms with E-state index in [1.165, 1.54) is 0 Å². The minimum Gasteiger partial charge on any atom is -0.346 e. The van der Waals surface area contributed by atoms with E-state index in [1.54, 1.807) is 54.8 Å². The highest BCUT2D eigenvalue weighted by molar-refractivity contribution is 5.99. The zero-order chi connectivity index (χ0) is 19.8. The Morgan fingerprint density at radius 2 is 1.75 bits per heavy atom. The summed E-state index contributed by atoms with van der Waals surface area (Å²) in [4.78, 5) is 34.9. The van der Waals surface area contributed by atoms with Crippen LogP contribution in [0.2, 0.25) is 0 Å². The summed E-state index contributed by atoms with van der Waals surface area (Å²) in [6, 6.07) is 16.2. The van der Waals surface area contributed by atoms with Crippen molar-refractivity contribution in [3.05, 3.63) is 95.6 Å². The van der Waals surface area contributed by atoms with Gasteiger partial charge in [-0.05, 0) is 54.4 Å². The van der Waals surface area contributed by atoms with Gasteiger partial charge in [-0.25, -0.2) is 0 Å². The molecule has 3 rings (SSSR count). The Bertz CT molecular complexity index is 930. The van der Waals surface area contributed by atoms with Crippen molar-refractivity contribution in [1.82, 2.24) is 20.2 Å². The van der Waals surface area contributed by atoms with Gasteiger partial charge in [0.15, 0.2) is 0 Å². The van der Waals surface area contributed by atoms with Crippen LogP contribution < -0.4 is 5.32 Å². The number of rotatable bonds is 7. The summed E-state index contributed by atoms with van der Waals surface area (Å²) in [6.07, 6.45) is 5.91. The van der Waals surface area contributed by atoms with Crippen LogP contribution in [0.1, 0.15) is 32.0 Å². The summed E-state index contributed by atoms with van der Waals surface area (Å²) in [5.74, 6) is -0.354. The number of benzene rings is 1. The normalized spacial score (nSPS) is 10.3. The van der Waals surface area contributed by atoms with Crippen molar-refractivity contribution < 1.29 is 9.59 Å². The molecule has 0 saturated heterocycles. The number of carbonyl (C=O) groups excluding carboxylic acids is 2. The van der Waals surface area contributed by atoms with Gasteiger partial charge >= 0.3 is 0 Å². The molecule has 0 radical (unpaired) electrons. The van der Waals surface area contributed by atoms with Crippen LogP contribution in [0.15, 0.2) is 73.2 Å². The highest BCUT2D eigenvalue weighted by Crippen LogP contribution is 2.09. The Labute approximate surface area is 164 Å². The second-order valence-corrected chi connectivity index (χ2v) is 6.42. The summed E-state index contributed by atoms with van der Waals surface area (Å²) in [7, 11) is 1.76. The quantitative estimate of drug-likeness (QED) is 0.690. The third-order valence-corrected chi connectivity index (χ3v) is 4.36. The first-order chi connectivity index (χ1) is 13.6. The van der Waals surface area contributed by atoms with Crippen LogP contribution in [0.25, 0.3) is 0 Å². The van der Waals surface area contributed by atoms with E-state index in [9.17, 15) is 9.59 Å². The number of hydrogen-bond donors (Lipinski definition) is 1. The first-order valence-electron chi connectivity index (χ1n) is 9.06. The molecule has 28 heavy (non-hydrogen) atoms. The molecule has 2 aromatic heterocycles. The van der Waals surface area contributed by atoms with Gasteiger partial charge in [-0.2, -0.15) is 0 Å². The SMILES string of the molecule is CN(CCc1ccncc1)C(=O)c1cccc(C(=O)NCc2ccccn2)c1. The van der Waals surface area contributed by atoms with Crippen LogP contribution in [0.4, 0.5) is 0 Å². The van der Waals surface area contributed by atoms with E-state index in [0.29, 0.717) is 24.2 Å². The van der Waals surface area contributed by atoms with E-state index in [-0.39, 0.29) is 11.8 Å². The largest absolute Gasteiger partial charge is 0.346 e. The second-order valence-electron chi connectivity index (χ2n) is 6.42. The summed E-state index contributed by atoms with van der Waals surface area (Å²) >= 11 is 0. The molecule has 2 amide bonds. The van der Waals surface area contributed by atoms with Crippen molar-refractivity contribution in [1.29, 1.82) is 0 Å². The molecule has 0 saturated carbocycles. The number of pyridine rings is 2. The molecule has 0 aliphatic carbocycles. The highest BCUT2D eigenvalue weighted by atomic mass is 16.2. The minimum absolute atomic E-state index is 0.117. The molecule has 0 aliphatic rings. The average Bonchev–Trinajstić information content (AvgIpc) is 2.76. The third-order valence-electron chi connectivity index (χ3n) is 4.36. The summed E-state index contributed by atoms with van der Waals surface area (Å²) in [5.41, 5.74) is 2.84. The molecular formula is C22H22N4O2. The second kappa shape index (κ2) is 9.41. The zero-order valence-electron chi connectivity index (χ0n) is 15.7. The van der Waals surface area contributed by atoms with Gasteiger partial charge in [0.1, 0.15) is 0 Å². The third kappa shape index (κ3) is 5.23. The summed E-state index contributed by atoms with van der Waals surface area (Å²) < 4.78 is 0. The number of likely N-dealkylation sites (N-methyl/N-ethyl adjacent to an activating group) is 1. The first-order valence-corrected chi connectivity index (χ1v) is 9.06. The molecule has 3 aromatic rings. The Hall–Kier alpha value is -3.54. The van der Waals surface area contributed by atoms with Gasteiger partial charge in [0.2, 0.25) is 0 Å². The summed E-state index contributed by atoms with van der Waals surface area (Å²) in [5, 5.41) is 2.83. The van der Waals surface area contributed by atoms with Gasteiger partial charge in [-0.15, -0.1) is 0 Å². The molecule has 0 spiro atoms. The lowest BCUT2D eigenvalue weighted by molar-refractivity contribution is 0.0796. The van der Waals surface area contributed by atoms with Gasteiger partial charge in [-0.1, -0.05) is 12.1 Å². The highest BCUT2D eigenvalue weighted by Gasteiger charge is 2.14. The van der Waals surface area contributed by atoms with Crippen LogP contribution in [-0.4, -0.2) is 40.3 Å². The van der Waals surface area contributed by atoms with Gasteiger partial charge in [0, 0.05) is 43.3 Å². The molecule has 2 heterocycles. The van der Waals surface area contributed by atoms with Gasteiger partial charge in [0.05, 0.1) is 12.2 Å². The number of amides is 2. The predicted molar refractivity (Wildman–Crippen MR) is 107 cm³/mol. The molecule has 6 heteroatoms. The average molecular weight is 374 g/mol. The fourth-order valence-electron chi connectivity index (χ4n) is 2.74. The van der Waals surface area contributed by atoms with Gasteiger partial charge in [0.25, 0.3) is 11.8 Å². The molecule has 0 unspecified atom stereocenters. The fraction of sp³-hybridized carbons (Fsp3) is 0.182. The zero-order valence-corrected chi connectivity index (χ0v) is 15.7. The number of nitrogens with zero attached hydrogens (tertiary/aromatic N) is 3. The number of hydrogen-bond acceptors (Lipinski definition) is 4. The monoisotopic (exact) mass is 374 g/mol. The van der Waals surface area contributed by atoms with Crippen molar-refractivity contribution in [3.63, 3.8) is 0 Å². The lowest BCUT2D eigenvalue weighted by Crippen LogP contribution is -2.29. The molecule has 0 fully saturated rings. The number of carbonyl (C=O) groups is 2. The predicted octanol–water partition coefficient (Wildman–Crippen LogP) is 2.72. The van der Waals surface area contributed by atoms with Crippen molar-refractivity contribution in [3.8, 4) is 0 Å². The van der Waals surface area contributed by atoms with E-state index < -0.39 is 0 Å². The molecule has 1 aromatic carbocycles.